The highest BCUT2D eigenvalue weighted by atomic mass is 35.5. The third kappa shape index (κ3) is 5.18. The number of rotatable bonds is 5. The van der Waals surface area contributed by atoms with Gasteiger partial charge in [-0.05, 0) is 24.6 Å². The number of carbonyl (C=O) groups is 2. The van der Waals surface area contributed by atoms with Crippen LogP contribution >= 0.6 is 11.6 Å². The molecule has 0 heterocycles. The Balaban J connectivity index is 2.54. The Hall–Kier alpha value is -1.75. The second-order valence-corrected chi connectivity index (χ2v) is 4.73. The molecule has 0 spiro atoms. The number of hydrogen-bond donors (Lipinski definition) is 2. The summed E-state index contributed by atoms with van der Waals surface area (Å²) in [6.45, 7) is 2.01. The van der Waals surface area contributed by atoms with E-state index in [1.807, 2.05) is 19.1 Å². The zero-order valence-corrected chi connectivity index (χ0v) is 11.6. The van der Waals surface area contributed by atoms with Crippen LogP contribution < -0.4 is 5.32 Å². The van der Waals surface area contributed by atoms with Crippen molar-refractivity contribution in [2.24, 2.45) is 0 Å². The van der Waals surface area contributed by atoms with Gasteiger partial charge in [-0.15, -0.1) is 0 Å². The molecule has 0 fully saturated rings. The predicted molar refractivity (Wildman–Crippen MR) is 73.3 cm³/mol. The molecule has 2 amide bonds. The molecule has 19 heavy (non-hydrogen) atoms. The van der Waals surface area contributed by atoms with Crippen molar-refractivity contribution in [1.82, 2.24) is 10.2 Å². The van der Waals surface area contributed by atoms with Crippen molar-refractivity contribution in [3.05, 3.63) is 34.9 Å². The summed E-state index contributed by atoms with van der Waals surface area (Å²) in [4.78, 5) is 23.6. The summed E-state index contributed by atoms with van der Waals surface area (Å²) in [5.74, 6) is -0.928. The van der Waals surface area contributed by atoms with Gasteiger partial charge in [0, 0.05) is 18.6 Å². The van der Waals surface area contributed by atoms with Crippen molar-refractivity contribution in [3.8, 4) is 0 Å². The SMILES string of the molecule is CC(NC(=O)N(C)CCC(=O)O)c1cccc(Cl)c1. The van der Waals surface area contributed by atoms with E-state index in [-0.39, 0.29) is 25.0 Å². The van der Waals surface area contributed by atoms with Crippen molar-refractivity contribution in [3.63, 3.8) is 0 Å². The monoisotopic (exact) mass is 284 g/mol. The molecule has 0 aliphatic heterocycles. The number of aliphatic carboxylic acids is 1. The Kier molecular flexibility index (Phi) is 5.63. The minimum Gasteiger partial charge on any atom is -0.481 e. The average molecular weight is 285 g/mol. The topological polar surface area (TPSA) is 69.6 Å². The highest BCUT2D eigenvalue weighted by Crippen LogP contribution is 2.17. The number of halogens is 1. The van der Waals surface area contributed by atoms with Gasteiger partial charge in [-0.25, -0.2) is 4.79 Å². The van der Waals surface area contributed by atoms with E-state index in [2.05, 4.69) is 5.32 Å². The molecule has 1 rings (SSSR count). The summed E-state index contributed by atoms with van der Waals surface area (Å²) in [5, 5.41) is 12.0. The summed E-state index contributed by atoms with van der Waals surface area (Å²) in [5.41, 5.74) is 0.896. The van der Waals surface area contributed by atoms with Crippen LogP contribution in [0, 0.1) is 0 Å². The van der Waals surface area contributed by atoms with Gasteiger partial charge in [0.1, 0.15) is 0 Å². The molecule has 0 saturated heterocycles. The summed E-state index contributed by atoms with van der Waals surface area (Å²) in [6.07, 6.45) is -0.0739. The number of amides is 2. The molecule has 0 radical (unpaired) electrons. The number of nitrogens with zero attached hydrogens (tertiary/aromatic N) is 1. The van der Waals surface area contributed by atoms with E-state index >= 15 is 0 Å². The van der Waals surface area contributed by atoms with Gasteiger partial charge in [0.05, 0.1) is 12.5 Å². The average Bonchev–Trinajstić information content (AvgIpc) is 2.35. The van der Waals surface area contributed by atoms with E-state index in [4.69, 9.17) is 16.7 Å². The maximum absolute atomic E-state index is 11.8. The molecular weight excluding hydrogens is 268 g/mol. The molecular formula is C13H17ClN2O3. The quantitative estimate of drug-likeness (QED) is 0.873. The van der Waals surface area contributed by atoms with E-state index in [1.165, 1.54) is 4.90 Å². The van der Waals surface area contributed by atoms with Crippen molar-refractivity contribution >= 4 is 23.6 Å². The lowest BCUT2D eigenvalue weighted by atomic mass is 10.1. The Labute approximate surface area is 117 Å². The largest absolute Gasteiger partial charge is 0.481 e. The molecule has 6 heteroatoms. The molecule has 0 bridgehead atoms. The van der Waals surface area contributed by atoms with E-state index in [0.29, 0.717) is 5.02 Å². The number of benzene rings is 1. The highest BCUT2D eigenvalue weighted by molar-refractivity contribution is 6.30. The molecule has 0 aliphatic rings. The smallest absolute Gasteiger partial charge is 0.317 e. The lowest BCUT2D eigenvalue weighted by Crippen LogP contribution is -2.39. The van der Waals surface area contributed by atoms with E-state index < -0.39 is 5.97 Å². The molecule has 5 nitrogen and oxygen atoms in total. The van der Waals surface area contributed by atoms with Gasteiger partial charge in [-0.3, -0.25) is 4.79 Å². The Morgan fingerprint density at radius 1 is 1.47 bits per heavy atom. The van der Waals surface area contributed by atoms with E-state index in [9.17, 15) is 9.59 Å². The molecule has 1 unspecified atom stereocenters. The van der Waals surface area contributed by atoms with Crippen molar-refractivity contribution < 1.29 is 14.7 Å². The zero-order chi connectivity index (χ0) is 14.4. The predicted octanol–water partition coefficient (Wildman–Crippen LogP) is 2.52. The summed E-state index contributed by atoms with van der Waals surface area (Å²) in [6, 6.07) is 6.72. The first-order chi connectivity index (χ1) is 8.90. The first-order valence-electron chi connectivity index (χ1n) is 5.89. The van der Waals surface area contributed by atoms with E-state index in [0.717, 1.165) is 5.56 Å². The number of carboxylic acid groups (broad SMARTS) is 1. The van der Waals surface area contributed by atoms with Gasteiger partial charge in [-0.2, -0.15) is 0 Å². The molecule has 0 aromatic heterocycles. The van der Waals surface area contributed by atoms with Crippen molar-refractivity contribution in [2.45, 2.75) is 19.4 Å². The van der Waals surface area contributed by atoms with Crippen molar-refractivity contribution in [2.75, 3.05) is 13.6 Å². The van der Waals surface area contributed by atoms with Gasteiger partial charge in [0.25, 0.3) is 0 Å². The van der Waals surface area contributed by atoms with Crippen LogP contribution in [-0.4, -0.2) is 35.6 Å². The first kappa shape index (κ1) is 15.3. The first-order valence-corrected chi connectivity index (χ1v) is 6.27. The fraction of sp³-hybridized carbons (Fsp3) is 0.385. The lowest BCUT2D eigenvalue weighted by Gasteiger charge is -2.21. The molecule has 0 saturated carbocycles. The highest BCUT2D eigenvalue weighted by Gasteiger charge is 2.14. The maximum Gasteiger partial charge on any atom is 0.317 e. The minimum absolute atomic E-state index is 0.0739. The zero-order valence-electron chi connectivity index (χ0n) is 10.9. The summed E-state index contributed by atoms with van der Waals surface area (Å²) >= 11 is 5.88. The molecule has 1 aromatic rings. The van der Waals surface area contributed by atoms with Crippen LogP contribution in [0.25, 0.3) is 0 Å². The molecule has 2 N–H and O–H groups in total. The number of carbonyl (C=O) groups excluding carboxylic acids is 1. The van der Waals surface area contributed by atoms with Gasteiger partial charge >= 0.3 is 12.0 Å². The van der Waals surface area contributed by atoms with Crippen LogP contribution in [-0.2, 0) is 4.79 Å². The van der Waals surface area contributed by atoms with E-state index in [1.54, 1.807) is 19.2 Å². The summed E-state index contributed by atoms with van der Waals surface area (Å²) in [7, 11) is 1.56. The van der Waals surface area contributed by atoms with Crippen LogP contribution in [0.3, 0.4) is 0 Å². The number of urea groups is 1. The number of carboxylic acids is 1. The minimum atomic E-state index is -0.928. The maximum atomic E-state index is 11.8. The van der Waals surface area contributed by atoms with Crippen LogP contribution in [0.1, 0.15) is 24.9 Å². The Morgan fingerprint density at radius 2 is 2.16 bits per heavy atom. The number of hydrogen-bond acceptors (Lipinski definition) is 2. The van der Waals surface area contributed by atoms with Crippen LogP contribution in [0.5, 0.6) is 0 Å². The van der Waals surface area contributed by atoms with Gasteiger partial charge in [0.15, 0.2) is 0 Å². The lowest BCUT2D eigenvalue weighted by molar-refractivity contribution is -0.137. The second-order valence-electron chi connectivity index (χ2n) is 4.29. The third-order valence-corrected chi connectivity index (χ3v) is 2.93. The van der Waals surface area contributed by atoms with Gasteiger partial charge in [-0.1, -0.05) is 23.7 Å². The normalized spacial score (nSPS) is 11.7. The fourth-order valence-electron chi connectivity index (χ4n) is 1.52. The molecule has 0 aliphatic carbocycles. The van der Waals surface area contributed by atoms with Crippen LogP contribution in [0.15, 0.2) is 24.3 Å². The van der Waals surface area contributed by atoms with Crippen LogP contribution in [0.2, 0.25) is 5.02 Å². The number of nitrogens with one attached hydrogen (secondary N) is 1. The molecule has 104 valence electrons. The van der Waals surface area contributed by atoms with Crippen LogP contribution in [0.4, 0.5) is 4.79 Å². The molecule has 1 aromatic carbocycles. The standard InChI is InChI=1S/C13H17ClN2O3/c1-9(10-4-3-5-11(14)8-10)15-13(19)16(2)7-6-12(17)18/h3-5,8-9H,6-7H2,1-2H3,(H,15,19)(H,17,18). The third-order valence-electron chi connectivity index (χ3n) is 2.70. The fourth-order valence-corrected chi connectivity index (χ4v) is 1.72. The van der Waals surface area contributed by atoms with Gasteiger partial charge in [0.2, 0.25) is 0 Å². The Morgan fingerprint density at radius 3 is 2.74 bits per heavy atom. The summed E-state index contributed by atoms with van der Waals surface area (Å²) < 4.78 is 0. The van der Waals surface area contributed by atoms with Gasteiger partial charge < -0.3 is 15.3 Å². The Bertz CT molecular complexity index is 465. The van der Waals surface area contributed by atoms with Crippen molar-refractivity contribution in [1.29, 1.82) is 0 Å². The second kappa shape index (κ2) is 6.99. The molecule has 1 atom stereocenters.